The topological polar surface area (TPSA) is 118 Å². The van der Waals surface area contributed by atoms with E-state index in [2.05, 4.69) is 13.0 Å². The summed E-state index contributed by atoms with van der Waals surface area (Å²) in [5.41, 5.74) is 9.53. The number of carbonyl (C=O) groups is 2. The second kappa shape index (κ2) is 13.4. The van der Waals surface area contributed by atoms with Crippen molar-refractivity contribution < 1.29 is 19.4 Å². The van der Waals surface area contributed by atoms with Gasteiger partial charge in [0.25, 0.3) is 0 Å². The molecule has 9 nitrogen and oxygen atoms in total. The number of carboxylic acid groups (broad SMARTS) is 1. The van der Waals surface area contributed by atoms with Crippen molar-refractivity contribution in [3.05, 3.63) is 93.9 Å². The average molecular weight is 573 g/mol. The summed E-state index contributed by atoms with van der Waals surface area (Å²) < 4.78 is 7.29. The van der Waals surface area contributed by atoms with E-state index in [1.165, 1.54) is 6.07 Å². The minimum atomic E-state index is -0.893. The van der Waals surface area contributed by atoms with Crippen molar-refractivity contribution in [2.45, 2.75) is 57.7 Å². The third-order valence-corrected chi connectivity index (χ3v) is 8.57. The quantitative estimate of drug-likeness (QED) is 0.340. The van der Waals surface area contributed by atoms with Gasteiger partial charge in [0.1, 0.15) is 5.75 Å². The van der Waals surface area contributed by atoms with E-state index >= 15 is 0 Å². The van der Waals surface area contributed by atoms with Gasteiger partial charge in [-0.05, 0) is 53.8 Å². The molecule has 1 saturated heterocycles. The van der Waals surface area contributed by atoms with Crippen molar-refractivity contribution >= 4 is 17.6 Å². The summed E-state index contributed by atoms with van der Waals surface area (Å²) in [5.74, 6) is -1.16. The molecule has 2 aliphatic rings. The van der Waals surface area contributed by atoms with Gasteiger partial charge in [-0.25, -0.2) is 0 Å². The lowest BCUT2D eigenvalue weighted by atomic mass is 9.83. The van der Waals surface area contributed by atoms with Gasteiger partial charge in [0.15, 0.2) is 0 Å². The zero-order valence-corrected chi connectivity index (χ0v) is 24.2. The van der Waals surface area contributed by atoms with E-state index in [1.807, 2.05) is 41.3 Å². The summed E-state index contributed by atoms with van der Waals surface area (Å²) in [6, 6.07) is 18.2. The summed E-state index contributed by atoms with van der Waals surface area (Å²) >= 11 is 0. The minimum Gasteiger partial charge on any atom is -0.493 e. The highest BCUT2D eigenvalue weighted by Crippen LogP contribution is 2.41. The van der Waals surface area contributed by atoms with Crippen LogP contribution < -0.4 is 20.9 Å². The van der Waals surface area contributed by atoms with Crippen LogP contribution >= 0.6 is 0 Å². The number of hydrogen-bond acceptors (Lipinski definition) is 6. The number of pyridine rings is 1. The average Bonchev–Trinajstić information content (AvgIpc) is 3.61. The molecule has 1 aromatic heterocycles. The van der Waals surface area contributed by atoms with Crippen molar-refractivity contribution in [1.29, 1.82) is 0 Å². The molecule has 3 atom stereocenters. The van der Waals surface area contributed by atoms with Crippen LogP contribution in [0.15, 0.2) is 71.7 Å². The van der Waals surface area contributed by atoms with Crippen LogP contribution in [0.25, 0.3) is 0 Å². The number of ether oxygens (including phenoxy) is 1. The number of aromatic nitrogens is 1. The van der Waals surface area contributed by atoms with Crippen LogP contribution in [-0.4, -0.2) is 58.7 Å². The van der Waals surface area contributed by atoms with Crippen molar-refractivity contribution in [3.63, 3.8) is 0 Å². The number of nitrogens with zero attached hydrogens (tertiary/aromatic N) is 3. The molecule has 0 aliphatic carbocycles. The standard InChI is InChI=1S/C33H40N4O5/c1-2-3-15-37(26-8-6-7-23(18-26)20-34)31(39)22-36-21-27(24-10-11-29-25(19-24)13-17-42-29)32(33(40)41)28(36)12-16-35-14-5-4-9-30(35)38/h4-11,14,18-19,27-28,32H,2-3,12-13,15-17,20-22,34H2,1H3,(H,40,41). The number of aryl methyl sites for hydroxylation is 1. The molecule has 3 N–H and O–H groups in total. The highest BCUT2D eigenvalue weighted by molar-refractivity contribution is 5.95. The van der Waals surface area contributed by atoms with Crippen molar-refractivity contribution in [2.75, 3.05) is 31.1 Å². The molecule has 42 heavy (non-hydrogen) atoms. The third-order valence-electron chi connectivity index (χ3n) is 8.57. The van der Waals surface area contributed by atoms with Crippen LogP contribution in [0, 0.1) is 5.92 Å². The number of likely N-dealkylation sites (tertiary alicyclic amines) is 1. The lowest BCUT2D eigenvalue weighted by Crippen LogP contribution is -2.45. The molecule has 3 heterocycles. The van der Waals surface area contributed by atoms with Gasteiger partial charge >= 0.3 is 5.97 Å². The first kappa shape index (κ1) is 29.5. The monoisotopic (exact) mass is 572 g/mol. The Morgan fingerprint density at radius 3 is 2.74 bits per heavy atom. The first-order chi connectivity index (χ1) is 20.4. The molecule has 0 radical (unpaired) electrons. The molecule has 1 amide bonds. The summed E-state index contributed by atoms with van der Waals surface area (Å²) in [6.07, 6.45) is 4.72. The van der Waals surface area contributed by atoms with Crippen molar-refractivity contribution in [2.24, 2.45) is 11.7 Å². The molecule has 3 unspecified atom stereocenters. The predicted octanol–water partition coefficient (Wildman–Crippen LogP) is 3.63. The number of anilines is 1. The summed E-state index contributed by atoms with van der Waals surface area (Å²) in [5, 5.41) is 10.5. The van der Waals surface area contributed by atoms with Crippen LogP contribution in [0.3, 0.4) is 0 Å². The van der Waals surface area contributed by atoms with Gasteiger partial charge in [0.2, 0.25) is 11.5 Å². The van der Waals surface area contributed by atoms with Gasteiger partial charge in [0, 0.05) is 62.5 Å². The number of nitrogens with two attached hydrogens (primary N) is 1. The number of carboxylic acids is 1. The molecule has 0 spiro atoms. The number of rotatable bonds is 12. The second-order valence-electron chi connectivity index (χ2n) is 11.2. The van der Waals surface area contributed by atoms with Crippen molar-refractivity contribution in [3.8, 4) is 5.75 Å². The SMILES string of the molecule is CCCCN(C(=O)CN1CC(c2ccc3c(c2)CCO3)C(C(=O)O)C1CCn1ccccc1=O)c1cccc(CN)c1. The molecule has 1 fully saturated rings. The van der Waals surface area contributed by atoms with Crippen molar-refractivity contribution in [1.82, 2.24) is 9.47 Å². The predicted molar refractivity (Wildman–Crippen MR) is 162 cm³/mol. The first-order valence-corrected chi connectivity index (χ1v) is 14.9. The Morgan fingerprint density at radius 2 is 1.98 bits per heavy atom. The van der Waals surface area contributed by atoms with E-state index in [0.717, 1.165) is 47.4 Å². The summed E-state index contributed by atoms with van der Waals surface area (Å²) in [6.45, 7) is 4.54. The number of fused-ring (bicyclic) bond motifs is 1. The zero-order chi connectivity index (χ0) is 29.6. The van der Waals surface area contributed by atoms with E-state index in [-0.39, 0.29) is 23.9 Å². The van der Waals surface area contributed by atoms with Gasteiger partial charge in [-0.1, -0.05) is 43.7 Å². The number of amides is 1. The minimum absolute atomic E-state index is 0.0772. The van der Waals surface area contributed by atoms with Gasteiger partial charge < -0.3 is 25.0 Å². The number of hydrogen-bond donors (Lipinski definition) is 2. The molecule has 222 valence electrons. The molecule has 0 bridgehead atoms. The number of aliphatic carboxylic acids is 1. The maximum atomic E-state index is 14.0. The maximum absolute atomic E-state index is 14.0. The van der Waals surface area contributed by atoms with Gasteiger partial charge in [-0.2, -0.15) is 0 Å². The molecular formula is C33H40N4O5. The zero-order valence-electron chi connectivity index (χ0n) is 24.2. The number of unbranched alkanes of at least 4 members (excludes halogenated alkanes) is 1. The van der Waals surface area contributed by atoms with E-state index in [4.69, 9.17) is 10.5 Å². The summed E-state index contributed by atoms with van der Waals surface area (Å²) in [4.78, 5) is 43.1. The van der Waals surface area contributed by atoms with Gasteiger partial charge in [0.05, 0.1) is 19.1 Å². The van der Waals surface area contributed by atoms with Gasteiger partial charge in [-0.15, -0.1) is 0 Å². The van der Waals surface area contributed by atoms with Crippen LogP contribution in [0.2, 0.25) is 0 Å². The Balaban J connectivity index is 1.46. The maximum Gasteiger partial charge on any atom is 0.308 e. The fourth-order valence-corrected chi connectivity index (χ4v) is 6.37. The van der Waals surface area contributed by atoms with Gasteiger partial charge in [-0.3, -0.25) is 19.3 Å². The molecule has 5 rings (SSSR count). The lowest BCUT2D eigenvalue weighted by Gasteiger charge is -2.30. The third kappa shape index (κ3) is 6.42. The molecule has 0 saturated carbocycles. The van der Waals surface area contributed by atoms with Crippen LogP contribution in [0.4, 0.5) is 5.69 Å². The molecule has 2 aromatic carbocycles. The lowest BCUT2D eigenvalue weighted by molar-refractivity contribution is -0.143. The fraction of sp³-hybridized carbons (Fsp3) is 0.424. The Hall–Kier alpha value is -3.95. The van der Waals surface area contributed by atoms with E-state index in [0.29, 0.717) is 39.2 Å². The molecule has 3 aromatic rings. The Bertz CT molecular complexity index is 1470. The molecule has 2 aliphatic heterocycles. The smallest absolute Gasteiger partial charge is 0.308 e. The van der Waals surface area contributed by atoms with Crippen LogP contribution in [-0.2, 0) is 29.1 Å². The van der Waals surface area contributed by atoms with Crippen LogP contribution in [0.1, 0.15) is 48.8 Å². The Labute approximate surface area is 246 Å². The van der Waals surface area contributed by atoms with E-state index in [1.54, 1.807) is 27.8 Å². The highest BCUT2D eigenvalue weighted by Gasteiger charge is 2.47. The van der Waals surface area contributed by atoms with E-state index in [9.17, 15) is 19.5 Å². The highest BCUT2D eigenvalue weighted by atomic mass is 16.5. The largest absolute Gasteiger partial charge is 0.493 e. The Morgan fingerprint density at radius 1 is 1.12 bits per heavy atom. The normalized spacial score (nSPS) is 19.8. The Kier molecular flexibility index (Phi) is 9.39. The second-order valence-corrected chi connectivity index (χ2v) is 11.2. The van der Waals surface area contributed by atoms with Crippen LogP contribution in [0.5, 0.6) is 5.75 Å². The van der Waals surface area contributed by atoms with E-state index < -0.39 is 17.9 Å². The fourth-order valence-electron chi connectivity index (χ4n) is 6.37. The molecular weight excluding hydrogens is 532 g/mol. The molecule has 9 heteroatoms. The first-order valence-electron chi connectivity index (χ1n) is 14.9. The number of benzene rings is 2. The summed E-state index contributed by atoms with van der Waals surface area (Å²) in [7, 11) is 0. The number of carbonyl (C=O) groups excluding carboxylic acids is 1.